The Morgan fingerprint density at radius 1 is 1.24 bits per heavy atom. The van der Waals surface area contributed by atoms with Crippen LogP contribution in [0, 0.1) is 12.3 Å². The average molecular weight is 233 g/mol. The summed E-state index contributed by atoms with van der Waals surface area (Å²) in [5, 5.41) is 0. The van der Waals surface area contributed by atoms with E-state index < -0.39 is 0 Å². The lowest BCUT2D eigenvalue weighted by atomic mass is 10.0. The molecule has 0 fully saturated rings. The molecule has 92 valence electrons. The molecular formula is C14H19NO2. The molecule has 1 rings (SSSR count). The number of hydrogen-bond donors (Lipinski definition) is 1. The van der Waals surface area contributed by atoms with E-state index in [2.05, 4.69) is 5.92 Å². The maximum absolute atomic E-state index is 5.96. The van der Waals surface area contributed by atoms with Gasteiger partial charge in [0.15, 0.2) is 11.5 Å². The molecule has 3 nitrogen and oxygen atoms in total. The van der Waals surface area contributed by atoms with Crippen LogP contribution in [-0.2, 0) is 0 Å². The number of ether oxygens (including phenoxy) is 2. The third-order valence-electron chi connectivity index (χ3n) is 2.33. The van der Waals surface area contributed by atoms with E-state index in [0.717, 1.165) is 17.1 Å². The monoisotopic (exact) mass is 233 g/mol. The van der Waals surface area contributed by atoms with Gasteiger partial charge in [-0.25, -0.2) is 0 Å². The van der Waals surface area contributed by atoms with Crippen LogP contribution in [0.5, 0.6) is 11.5 Å². The van der Waals surface area contributed by atoms with E-state index in [9.17, 15) is 0 Å². The molecule has 1 aromatic rings. The van der Waals surface area contributed by atoms with E-state index in [1.165, 1.54) is 0 Å². The van der Waals surface area contributed by atoms with Crippen LogP contribution in [0.15, 0.2) is 18.2 Å². The normalized spacial score (nSPS) is 11.6. The topological polar surface area (TPSA) is 44.5 Å². The molecule has 1 unspecified atom stereocenters. The van der Waals surface area contributed by atoms with Gasteiger partial charge in [0.05, 0.1) is 13.2 Å². The summed E-state index contributed by atoms with van der Waals surface area (Å²) >= 11 is 0. The van der Waals surface area contributed by atoms with Gasteiger partial charge in [0.1, 0.15) is 0 Å². The Labute approximate surface area is 103 Å². The zero-order chi connectivity index (χ0) is 12.7. The minimum Gasteiger partial charge on any atom is -0.490 e. The largest absolute Gasteiger partial charge is 0.490 e. The predicted molar refractivity (Wildman–Crippen MR) is 69.2 cm³/mol. The Kier molecular flexibility index (Phi) is 5.38. The number of terminal acetylenes is 1. The summed E-state index contributed by atoms with van der Waals surface area (Å²) < 4.78 is 11.0. The molecule has 2 N–H and O–H groups in total. The van der Waals surface area contributed by atoms with E-state index >= 15 is 0 Å². The van der Waals surface area contributed by atoms with Gasteiger partial charge in [-0.2, -0.15) is 0 Å². The predicted octanol–water partition coefficient (Wildman–Crippen LogP) is 2.51. The lowest BCUT2D eigenvalue weighted by Gasteiger charge is -2.14. The van der Waals surface area contributed by atoms with Crippen LogP contribution in [0.4, 0.5) is 0 Å². The smallest absolute Gasteiger partial charge is 0.161 e. The fourth-order valence-electron chi connectivity index (χ4n) is 1.54. The van der Waals surface area contributed by atoms with Gasteiger partial charge in [-0.05, 0) is 31.5 Å². The van der Waals surface area contributed by atoms with Gasteiger partial charge in [-0.15, -0.1) is 12.3 Å². The number of hydrogen-bond acceptors (Lipinski definition) is 3. The Morgan fingerprint density at radius 2 is 1.88 bits per heavy atom. The quantitative estimate of drug-likeness (QED) is 0.768. The van der Waals surface area contributed by atoms with Crippen molar-refractivity contribution in [3.8, 4) is 23.8 Å². The first kappa shape index (κ1) is 13.4. The van der Waals surface area contributed by atoms with Gasteiger partial charge in [-0.3, -0.25) is 0 Å². The summed E-state index contributed by atoms with van der Waals surface area (Å²) in [7, 11) is 0. The van der Waals surface area contributed by atoms with E-state index in [1.807, 2.05) is 32.0 Å². The lowest BCUT2D eigenvalue weighted by molar-refractivity contribution is 0.287. The summed E-state index contributed by atoms with van der Waals surface area (Å²) in [4.78, 5) is 0. The summed E-state index contributed by atoms with van der Waals surface area (Å²) in [6.45, 7) is 5.07. The lowest BCUT2D eigenvalue weighted by Crippen LogP contribution is -2.10. The molecule has 1 atom stereocenters. The Balaban J connectivity index is 2.96. The molecule has 0 bridgehead atoms. The first-order valence-corrected chi connectivity index (χ1v) is 5.81. The third-order valence-corrected chi connectivity index (χ3v) is 2.33. The van der Waals surface area contributed by atoms with E-state index in [4.69, 9.17) is 21.6 Å². The minimum atomic E-state index is -0.158. The van der Waals surface area contributed by atoms with Crippen molar-refractivity contribution in [1.82, 2.24) is 0 Å². The van der Waals surface area contributed by atoms with Crippen molar-refractivity contribution in [2.24, 2.45) is 5.73 Å². The highest BCUT2D eigenvalue weighted by atomic mass is 16.5. The molecule has 0 aliphatic heterocycles. The van der Waals surface area contributed by atoms with Crippen LogP contribution >= 0.6 is 0 Å². The molecule has 1 aromatic carbocycles. The fraction of sp³-hybridized carbons (Fsp3) is 0.429. The summed E-state index contributed by atoms with van der Waals surface area (Å²) in [5.41, 5.74) is 6.92. The van der Waals surface area contributed by atoms with E-state index in [-0.39, 0.29) is 6.04 Å². The molecule has 0 saturated heterocycles. The molecule has 0 spiro atoms. The van der Waals surface area contributed by atoms with Gasteiger partial charge >= 0.3 is 0 Å². The van der Waals surface area contributed by atoms with Crippen LogP contribution in [-0.4, -0.2) is 13.2 Å². The van der Waals surface area contributed by atoms with Gasteiger partial charge < -0.3 is 15.2 Å². The second-order valence-corrected chi connectivity index (χ2v) is 3.59. The number of rotatable bonds is 6. The molecule has 3 heteroatoms. The number of nitrogens with two attached hydrogens (primary N) is 1. The van der Waals surface area contributed by atoms with Crippen molar-refractivity contribution < 1.29 is 9.47 Å². The average Bonchev–Trinajstić information content (AvgIpc) is 2.32. The van der Waals surface area contributed by atoms with Crippen molar-refractivity contribution in [3.05, 3.63) is 23.8 Å². The molecule has 0 aliphatic carbocycles. The van der Waals surface area contributed by atoms with Crippen LogP contribution in [0.3, 0.4) is 0 Å². The van der Waals surface area contributed by atoms with Gasteiger partial charge in [0.25, 0.3) is 0 Å². The van der Waals surface area contributed by atoms with E-state index in [0.29, 0.717) is 19.6 Å². The molecule has 0 radical (unpaired) electrons. The SMILES string of the molecule is C#CCC(N)c1ccc(OCC)c(OCC)c1. The molecular weight excluding hydrogens is 214 g/mol. The second-order valence-electron chi connectivity index (χ2n) is 3.59. The van der Waals surface area contributed by atoms with Crippen LogP contribution in [0.25, 0.3) is 0 Å². The standard InChI is InChI=1S/C14H19NO2/c1-4-7-12(15)11-8-9-13(16-5-2)14(10-11)17-6-3/h1,8-10,12H,5-7,15H2,2-3H3. The van der Waals surface area contributed by atoms with Crippen molar-refractivity contribution in [2.75, 3.05) is 13.2 Å². The van der Waals surface area contributed by atoms with Gasteiger partial charge in [0.2, 0.25) is 0 Å². The van der Waals surface area contributed by atoms with Gasteiger partial charge in [0, 0.05) is 12.5 Å². The van der Waals surface area contributed by atoms with Crippen LogP contribution in [0.2, 0.25) is 0 Å². The van der Waals surface area contributed by atoms with Crippen molar-refractivity contribution >= 4 is 0 Å². The molecule has 0 aliphatic rings. The molecule has 0 aromatic heterocycles. The molecule has 17 heavy (non-hydrogen) atoms. The zero-order valence-corrected chi connectivity index (χ0v) is 10.4. The highest BCUT2D eigenvalue weighted by Gasteiger charge is 2.10. The van der Waals surface area contributed by atoms with E-state index in [1.54, 1.807) is 0 Å². The summed E-state index contributed by atoms with van der Waals surface area (Å²) in [6, 6.07) is 5.54. The first-order valence-electron chi connectivity index (χ1n) is 5.81. The van der Waals surface area contributed by atoms with Crippen LogP contribution in [0.1, 0.15) is 31.9 Å². The van der Waals surface area contributed by atoms with Crippen molar-refractivity contribution in [2.45, 2.75) is 26.3 Å². The Bertz CT molecular complexity index is 396. The van der Waals surface area contributed by atoms with Crippen LogP contribution < -0.4 is 15.2 Å². The van der Waals surface area contributed by atoms with Crippen molar-refractivity contribution in [1.29, 1.82) is 0 Å². The fourth-order valence-corrected chi connectivity index (χ4v) is 1.54. The molecule has 0 saturated carbocycles. The number of benzene rings is 1. The maximum atomic E-state index is 5.96. The molecule has 0 amide bonds. The Morgan fingerprint density at radius 3 is 2.47 bits per heavy atom. The van der Waals surface area contributed by atoms with Crippen molar-refractivity contribution in [3.63, 3.8) is 0 Å². The summed E-state index contributed by atoms with van der Waals surface area (Å²) in [5.74, 6) is 4.02. The highest BCUT2D eigenvalue weighted by Crippen LogP contribution is 2.30. The summed E-state index contributed by atoms with van der Waals surface area (Å²) in [6.07, 6.45) is 5.77. The van der Waals surface area contributed by atoms with Gasteiger partial charge in [-0.1, -0.05) is 6.07 Å². The zero-order valence-electron chi connectivity index (χ0n) is 10.4. The highest BCUT2D eigenvalue weighted by molar-refractivity contribution is 5.44. The Hall–Kier alpha value is -1.66. The minimum absolute atomic E-state index is 0.158. The second kappa shape index (κ2) is 6.82. The third kappa shape index (κ3) is 3.69. The molecule has 0 heterocycles. The maximum Gasteiger partial charge on any atom is 0.161 e. The first-order chi connectivity index (χ1) is 8.22.